The van der Waals surface area contributed by atoms with Gasteiger partial charge in [0.2, 0.25) is 0 Å². The smallest absolute Gasteiger partial charge is 0.338 e. The molecule has 1 saturated heterocycles. The minimum absolute atomic E-state index is 0.0242. The van der Waals surface area contributed by atoms with E-state index in [1.807, 2.05) is 0 Å². The summed E-state index contributed by atoms with van der Waals surface area (Å²) in [5, 5.41) is 8.74. The van der Waals surface area contributed by atoms with Gasteiger partial charge in [-0.1, -0.05) is 0 Å². The summed E-state index contributed by atoms with van der Waals surface area (Å²) in [6, 6.07) is 1.23. The summed E-state index contributed by atoms with van der Waals surface area (Å²) in [6.07, 6.45) is 3.08. The number of carbonyl (C=O) groups is 2. The Balaban J connectivity index is 1.98. The zero-order chi connectivity index (χ0) is 13.1. The molecule has 0 aromatic carbocycles. The second-order valence-corrected chi connectivity index (χ2v) is 4.33. The van der Waals surface area contributed by atoms with Crippen LogP contribution < -0.4 is 0 Å². The molecule has 1 amide bonds. The fourth-order valence-corrected chi connectivity index (χ4v) is 1.93. The maximum absolute atomic E-state index is 12.0. The third kappa shape index (κ3) is 2.70. The molecule has 6 heteroatoms. The summed E-state index contributed by atoms with van der Waals surface area (Å²) in [5.74, 6) is -1.41. The normalized spacial score (nSPS) is 18.8. The second-order valence-electron chi connectivity index (χ2n) is 4.33. The van der Waals surface area contributed by atoms with Gasteiger partial charge in [0.1, 0.15) is 6.26 Å². The molecule has 0 bridgehead atoms. The van der Waals surface area contributed by atoms with E-state index in [4.69, 9.17) is 14.3 Å². The van der Waals surface area contributed by atoms with Crippen molar-refractivity contribution in [3.8, 4) is 0 Å². The Hall–Kier alpha value is -1.82. The van der Waals surface area contributed by atoms with Crippen LogP contribution in [0.3, 0.4) is 0 Å². The van der Waals surface area contributed by atoms with E-state index in [2.05, 4.69) is 0 Å². The molecule has 0 radical (unpaired) electrons. The molecule has 0 spiro atoms. The van der Waals surface area contributed by atoms with E-state index in [1.165, 1.54) is 11.0 Å². The van der Waals surface area contributed by atoms with E-state index < -0.39 is 5.97 Å². The molecule has 1 unspecified atom stereocenters. The Labute approximate surface area is 104 Å². The average molecular weight is 253 g/mol. The first-order chi connectivity index (χ1) is 8.58. The van der Waals surface area contributed by atoms with Gasteiger partial charge in [-0.2, -0.15) is 0 Å². The molecule has 2 rings (SSSR count). The fraction of sp³-hybridized carbons (Fsp3) is 0.500. The quantitative estimate of drug-likeness (QED) is 0.872. The number of likely N-dealkylation sites (N-methyl/N-ethyl adjacent to an activating group) is 1. The first-order valence-electron chi connectivity index (χ1n) is 5.77. The van der Waals surface area contributed by atoms with E-state index in [0.717, 1.165) is 25.7 Å². The maximum atomic E-state index is 12.0. The maximum Gasteiger partial charge on any atom is 0.338 e. The molecule has 1 atom stereocenters. The van der Waals surface area contributed by atoms with Gasteiger partial charge in [-0.05, 0) is 12.8 Å². The lowest BCUT2D eigenvalue weighted by Crippen LogP contribution is -2.33. The summed E-state index contributed by atoms with van der Waals surface area (Å²) >= 11 is 0. The molecular formula is C12H15NO5. The number of carboxylic acid groups (broad SMARTS) is 1. The van der Waals surface area contributed by atoms with E-state index >= 15 is 0 Å². The molecule has 0 saturated carbocycles. The van der Waals surface area contributed by atoms with Gasteiger partial charge in [0.15, 0.2) is 5.76 Å². The number of rotatable bonds is 4. The standard InChI is InChI=1S/C12H15NO5/c1-13(6-9-3-2-4-17-9)11(14)10-5-8(7-18-10)12(15)16/h5,7,9H,2-4,6H2,1H3,(H,15,16). The molecular weight excluding hydrogens is 238 g/mol. The Morgan fingerprint density at radius 1 is 1.56 bits per heavy atom. The van der Waals surface area contributed by atoms with Crippen molar-refractivity contribution in [2.45, 2.75) is 18.9 Å². The van der Waals surface area contributed by atoms with Crippen molar-refractivity contribution in [2.75, 3.05) is 20.2 Å². The zero-order valence-corrected chi connectivity index (χ0v) is 10.1. The molecule has 1 aliphatic rings. The molecule has 1 aromatic heterocycles. The van der Waals surface area contributed by atoms with Crippen LogP contribution in [0, 0.1) is 0 Å². The van der Waals surface area contributed by atoms with Gasteiger partial charge in [-0.25, -0.2) is 4.79 Å². The van der Waals surface area contributed by atoms with Crippen LogP contribution in [0.1, 0.15) is 33.8 Å². The van der Waals surface area contributed by atoms with Crippen molar-refractivity contribution >= 4 is 11.9 Å². The molecule has 1 N–H and O–H groups in total. The predicted octanol–water partition coefficient (Wildman–Crippen LogP) is 1.23. The molecule has 0 aliphatic carbocycles. The first-order valence-corrected chi connectivity index (χ1v) is 5.77. The lowest BCUT2D eigenvalue weighted by atomic mass is 10.2. The van der Waals surface area contributed by atoms with E-state index in [9.17, 15) is 9.59 Å². The predicted molar refractivity (Wildman–Crippen MR) is 61.6 cm³/mol. The lowest BCUT2D eigenvalue weighted by molar-refractivity contribution is 0.0563. The average Bonchev–Trinajstić information content (AvgIpc) is 2.98. The lowest BCUT2D eigenvalue weighted by Gasteiger charge is -2.19. The van der Waals surface area contributed by atoms with Crippen molar-refractivity contribution in [3.63, 3.8) is 0 Å². The third-order valence-electron chi connectivity index (χ3n) is 2.91. The highest BCUT2D eigenvalue weighted by Crippen LogP contribution is 2.15. The van der Waals surface area contributed by atoms with Gasteiger partial charge in [-0.15, -0.1) is 0 Å². The summed E-state index contributed by atoms with van der Waals surface area (Å²) in [4.78, 5) is 24.1. The molecule has 6 nitrogen and oxygen atoms in total. The van der Waals surface area contributed by atoms with E-state index in [-0.39, 0.29) is 23.3 Å². The van der Waals surface area contributed by atoms with Crippen molar-refractivity contribution in [1.82, 2.24) is 4.90 Å². The summed E-state index contributed by atoms with van der Waals surface area (Å²) in [7, 11) is 1.65. The number of ether oxygens (including phenoxy) is 1. The highest BCUT2D eigenvalue weighted by molar-refractivity contribution is 5.95. The summed E-state index contributed by atoms with van der Waals surface area (Å²) < 4.78 is 10.4. The number of furan rings is 1. The van der Waals surface area contributed by atoms with Gasteiger partial charge in [0, 0.05) is 26.3 Å². The molecule has 2 heterocycles. The summed E-state index contributed by atoms with van der Waals surface area (Å²) in [6.45, 7) is 1.22. The van der Waals surface area contributed by atoms with E-state index in [0.29, 0.717) is 6.54 Å². The minimum Gasteiger partial charge on any atom is -0.478 e. The van der Waals surface area contributed by atoms with Gasteiger partial charge in [-0.3, -0.25) is 4.79 Å². The second kappa shape index (κ2) is 5.22. The van der Waals surface area contributed by atoms with Crippen molar-refractivity contribution in [1.29, 1.82) is 0 Å². The number of aromatic carboxylic acids is 1. The van der Waals surface area contributed by atoms with Crippen LogP contribution in [0.4, 0.5) is 0 Å². The van der Waals surface area contributed by atoms with Crippen LogP contribution in [0.15, 0.2) is 16.7 Å². The van der Waals surface area contributed by atoms with Crippen LogP contribution in [-0.4, -0.2) is 48.2 Å². The molecule has 1 fully saturated rings. The zero-order valence-electron chi connectivity index (χ0n) is 10.1. The van der Waals surface area contributed by atoms with Crippen LogP contribution in [0.5, 0.6) is 0 Å². The Morgan fingerprint density at radius 2 is 2.33 bits per heavy atom. The molecule has 98 valence electrons. The van der Waals surface area contributed by atoms with Crippen LogP contribution in [0.25, 0.3) is 0 Å². The number of nitrogens with zero attached hydrogens (tertiary/aromatic N) is 1. The van der Waals surface area contributed by atoms with Crippen LogP contribution in [0.2, 0.25) is 0 Å². The van der Waals surface area contributed by atoms with Gasteiger partial charge in [0.25, 0.3) is 5.91 Å². The molecule has 1 aromatic rings. The Bertz CT molecular complexity index is 447. The van der Waals surface area contributed by atoms with Gasteiger partial charge >= 0.3 is 5.97 Å². The van der Waals surface area contributed by atoms with Crippen molar-refractivity contribution in [2.24, 2.45) is 0 Å². The number of hydrogen-bond donors (Lipinski definition) is 1. The third-order valence-corrected chi connectivity index (χ3v) is 2.91. The number of hydrogen-bond acceptors (Lipinski definition) is 4. The molecule has 1 aliphatic heterocycles. The van der Waals surface area contributed by atoms with Crippen LogP contribution >= 0.6 is 0 Å². The topological polar surface area (TPSA) is 80.0 Å². The monoisotopic (exact) mass is 253 g/mol. The van der Waals surface area contributed by atoms with Crippen molar-refractivity contribution in [3.05, 3.63) is 23.7 Å². The SMILES string of the molecule is CN(CC1CCCO1)C(=O)c1cc(C(=O)O)co1. The number of amides is 1. The molecule has 18 heavy (non-hydrogen) atoms. The van der Waals surface area contributed by atoms with Crippen molar-refractivity contribution < 1.29 is 23.8 Å². The first kappa shape index (κ1) is 12.6. The number of carboxylic acids is 1. The van der Waals surface area contributed by atoms with Gasteiger partial charge in [0.05, 0.1) is 11.7 Å². The fourth-order valence-electron chi connectivity index (χ4n) is 1.93. The minimum atomic E-state index is -1.11. The highest BCUT2D eigenvalue weighted by atomic mass is 16.5. The Kier molecular flexibility index (Phi) is 3.66. The van der Waals surface area contributed by atoms with Crippen LogP contribution in [-0.2, 0) is 4.74 Å². The van der Waals surface area contributed by atoms with Gasteiger partial charge < -0.3 is 19.2 Å². The van der Waals surface area contributed by atoms with E-state index in [1.54, 1.807) is 7.05 Å². The highest BCUT2D eigenvalue weighted by Gasteiger charge is 2.23. The Morgan fingerprint density at radius 3 is 2.89 bits per heavy atom. The number of carbonyl (C=O) groups excluding carboxylic acids is 1. The largest absolute Gasteiger partial charge is 0.478 e. The summed E-state index contributed by atoms with van der Waals surface area (Å²) in [5.41, 5.74) is -0.0242.